The molecule has 1 aliphatic rings. The summed E-state index contributed by atoms with van der Waals surface area (Å²) >= 11 is 5.87. The van der Waals surface area contributed by atoms with Crippen molar-refractivity contribution in [2.75, 3.05) is 23.9 Å². The molecule has 2 rings (SSSR count). The van der Waals surface area contributed by atoms with Gasteiger partial charge in [0.25, 0.3) is 5.56 Å². The first-order chi connectivity index (χ1) is 8.63. The summed E-state index contributed by atoms with van der Waals surface area (Å²) in [7, 11) is 0. The summed E-state index contributed by atoms with van der Waals surface area (Å²) in [5, 5.41) is 0. The Bertz CT molecular complexity index is 450. The van der Waals surface area contributed by atoms with Gasteiger partial charge < -0.3 is 9.47 Å². The Kier molecular flexibility index (Phi) is 4.27. The molecule has 100 valence electrons. The average molecular weight is 270 g/mol. The predicted molar refractivity (Wildman–Crippen MR) is 74.5 cm³/mol. The molecule has 1 fully saturated rings. The van der Waals surface area contributed by atoms with Crippen LogP contribution >= 0.6 is 11.6 Å². The smallest absolute Gasteiger partial charge is 0.293 e. The van der Waals surface area contributed by atoms with Crippen molar-refractivity contribution in [1.29, 1.82) is 0 Å². The number of nitrogens with zero attached hydrogens (tertiary/aromatic N) is 3. The number of hydrogen-bond donors (Lipinski definition) is 0. The number of piperidine rings is 1. The van der Waals surface area contributed by atoms with Crippen LogP contribution in [-0.4, -0.2) is 28.5 Å². The summed E-state index contributed by atoms with van der Waals surface area (Å²) in [6.07, 6.45) is 5.55. The van der Waals surface area contributed by atoms with E-state index in [9.17, 15) is 4.79 Å². The van der Waals surface area contributed by atoms with Gasteiger partial charge in [0.05, 0.1) is 0 Å². The minimum atomic E-state index is 0.0109. The summed E-state index contributed by atoms with van der Waals surface area (Å²) in [6.45, 7) is 5.76. The van der Waals surface area contributed by atoms with E-state index >= 15 is 0 Å². The van der Waals surface area contributed by atoms with Crippen LogP contribution < -0.4 is 10.5 Å². The summed E-state index contributed by atoms with van der Waals surface area (Å²) in [6, 6.07) is 0.166. The lowest BCUT2D eigenvalue weighted by atomic mass is 9.99. The Morgan fingerprint density at radius 1 is 1.44 bits per heavy atom. The minimum Gasteiger partial charge on any atom is -0.352 e. The van der Waals surface area contributed by atoms with Gasteiger partial charge in [0.15, 0.2) is 5.82 Å². The third kappa shape index (κ3) is 2.69. The lowest BCUT2D eigenvalue weighted by molar-refractivity contribution is 0.438. The average Bonchev–Trinajstić information content (AvgIpc) is 2.39. The van der Waals surface area contributed by atoms with Crippen LogP contribution in [0.25, 0.3) is 0 Å². The molecular formula is C13H20ClN3O. The van der Waals surface area contributed by atoms with E-state index in [0.717, 1.165) is 25.9 Å². The van der Waals surface area contributed by atoms with Gasteiger partial charge in [-0.1, -0.05) is 0 Å². The summed E-state index contributed by atoms with van der Waals surface area (Å²) < 4.78 is 1.73. The molecule has 0 atom stereocenters. The Hall–Kier alpha value is -1.03. The Morgan fingerprint density at radius 2 is 2.11 bits per heavy atom. The van der Waals surface area contributed by atoms with E-state index < -0.39 is 0 Å². The van der Waals surface area contributed by atoms with Crippen molar-refractivity contribution in [3.8, 4) is 0 Å². The molecule has 18 heavy (non-hydrogen) atoms. The standard InChI is InChI=1S/C13H20ClN3O/c1-10(2)17-8-5-15-12(13(17)18)16-6-3-11(9-14)4-7-16/h5,8,10-11H,3-4,6-7,9H2,1-2H3. The maximum Gasteiger partial charge on any atom is 0.293 e. The molecule has 1 aromatic heterocycles. The molecule has 1 aliphatic heterocycles. The van der Waals surface area contributed by atoms with Crippen LogP contribution in [0.2, 0.25) is 0 Å². The van der Waals surface area contributed by atoms with Crippen LogP contribution in [-0.2, 0) is 0 Å². The first-order valence-corrected chi connectivity index (χ1v) is 7.05. The quantitative estimate of drug-likeness (QED) is 0.790. The van der Waals surface area contributed by atoms with Crippen molar-refractivity contribution in [1.82, 2.24) is 9.55 Å². The van der Waals surface area contributed by atoms with E-state index in [1.807, 2.05) is 13.8 Å². The largest absolute Gasteiger partial charge is 0.352 e. The van der Waals surface area contributed by atoms with Crippen LogP contribution in [0.3, 0.4) is 0 Å². The SMILES string of the molecule is CC(C)n1ccnc(N2CCC(CCl)CC2)c1=O. The molecule has 0 aliphatic carbocycles. The second-order valence-electron chi connectivity index (χ2n) is 5.14. The van der Waals surface area contributed by atoms with Gasteiger partial charge in [-0.3, -0.25) is 4.79 Å². The molecule has 0 spiro atoms. The van der Waals surface area contributed by atoms with Crippen LogP contribution in [0.15, 0.2) is 17.2 Å². The summed E-state index contributed by atoms with van der Waals surface area (Å²) in [5.41, 5.74) is 0.0109. The summed E-state index contributed by atoms with van der Waals surface area (Å²) in [4.78, 5) is 18.6. The second-order valence-corrected chi connectivity index (χ2v) is 5.45. The highest BCUT2D eigenvalue weighted by molar-refractivity contribution is 6.18. The lowest BCUT2D eigenvalue weighted by Crippen LogP contribution is -2.39. The van der Waals surface area contributed by atoms with Gasteiger partial charge in [0.2, 0.25) is 0 Å². The zero-order valence-electron chi connectivity index (χ0n) is 11.0. The van der Waals surface area contributed by atoms with Gasteiger partial charge in [-0.2, -0.15) is 0 Å². The highest BCUT2D eigenvalue weighted by atomic mass is 35.5. The lowest BCUT2D eigenvalue weighted by Gasteiger charge is -2.31. The number of aromatic nitrogens is 2. The predicted octanol–water partition coefficient (Wildman–Crippen LogP) is 2.28. The van der Waals surface area contributed by atoms with Crippen molar-refractivity contribution in [3.63, 3.8) is 0 Å². The number of halogens is 1. The molecule has 1 aromatic rings. The molecule has 2 heterocycles. The van der Waals surface area contributed by atoms with Crippen LogP contribution in [0.1, 0.15) is 32.7 Å². The molecule has 0 N–H and O–H groups in total. The molecule has 0 saturated carbocycles. The molecule has 0 bridgehead atoms. The third-order valence-electron chi connectivity index (χ3n) is 3.54. The number of anilines is 1. The van der Waals surface area contributed by atoms with Gasteiger partial charge >= 0.3 is 0 Å². The zero-order chi connectivity index (χ0) is 13.1. The van der Waals surface area contributed by atoms with Gasteiger partial charge in [-0.25, -0.2) is 4.98 Å². The molecule has 4 nitrogen and oxygen atoms in total. The van der Waals surface area contributed by atoms with Crippen molar-refractivity contribution in [2.24, 2.45) is 5.92 Å². The van der Waals surface area contributed by atoms with Gasteiger partial charge in [-0.15, -0.1) is 11.6 Å². The normalized spacial score (nSPS) is 17.4. The monoisotopic (exact) mass is 269 g/mol. The van der Waals surface area contributed by atoms with Gasteiger partial charge in [-0.05, 0) is 32.6 Å². The van der Waals surface area contributed by atoms with E-state index in [1.54, 1.807) is 17.0 Å². The Balaban J connectivity index is 2.20. The minimum absolute atomic E-state index is 0.0109. The fourth-order valence-corrected chi connectivity index (χ4v) is 2.65. The van der Waals surface area contributed by atoms with Crippen LogP contribution in [0.5, 0.6) is 0 Å². The molecule has 1 saturated heterocycles. The van der Waals surface area contributed by atoms with Gasteiger partial charge in [0.1, 0.15) is 0 Å². The number of hydrogen-bond acceptors (Lipinski definition) is 3. The summed E-state index contributed by atoms with van der Waals surface area (Å²) in [5.74, 6) is 1.88. The highest BCUT2D eigenvalue weighted by Crippen LogP contribution is 2.20. The van der Waals surface area contributed by atoms with E-state index in [4.69, 9.17) is 11.6 Å². The van der Waals surface area contributed by atoms with Crippen molar-refractivity contribution in [2.45, 2.75) is 32.7 Å². The second kappa shape index (κ2) is 5.74. The zero-order valence-corrected chi connectivity index (χ0v) is 11.7. The number of rotatable bonds is 3. The maximum atomic E-state index is 12.3. The van der Waals surface area contributed by atoms with Crippen molar-refractivity contribution in [3.05, 3.63) is 22.7 Å². The third-order valence-corrected chi connectivity index (χ3v) is 3.97. The van der Waals surface area contributed by atoms with Crippen molar-refractivity contribution < 1.29 is 0 Å². The number of alkyl halides is 1. The van der Waals surface area contributed by atoms with Crippen LogP contribution in [0.4, 0.5) is 5.82 Å². The van der Waals surface area contributed by atoms with E-state index in [2.05, 4.69) is 9.88 Å². The highest BCUT2D eigenvalue weighted by Gasteiger charge is 2.22. The Labute approximate surface area is 113 Å². The fourth-order valence-electron chi connectivity index (χ4n) is 2.34. The van der Waals surface area contributed by atoms with E-state index in [1.165, 1.54) is 0 Å². The first-order valence-electron chi connectivity index (χ1n) is 6.51. The molecule has 0 unspecified atom stereocenters. The fraction of sp³-hybridized carbons (Fsp3) is 0.692. The van der Waals surface area contributed by atoms with Gasteiger partial charge in [0, 0.05) is 37.4 Å². The maximum absolute atomic E-state index is 12.3. The molecule has 5 heteroatoms. The van der Waals surface area contributed by atoms with E-state index in [-0.39, 0.29) is 11.6 Å². The molecule has 0 aromatic carbocycles. The molecular weight excluding hydrogens is 250 g/mol. The molecule has 0 radical (unpaired) electrons. The Morgan fingerprint density at radius 3 is 2.67 bits per heavy atom. The topological polar surface area (TPSA) is 38.1 Å². The van der Waals surface area contributed by atoms with Crippen molar-refractivity contribution >= 4 is 17.4 Å². The van der Waals surface area contributed by atoms with Crippen LogP contribution in [0, 0.1) is 5.92 Å². The molecule has 0 amide bonds. The van der Waals surface area contributed by atoms with E-state index in [0.29, 0.717) is 17.6 Å². The first kappa shape index (κ1) is 13.4.